The van der Waals surface area contributed by atoms with E-state index in [1.165, 1.54) is 64.2 Å². The SMILES string of the molecule is CC(C)(C)CCCCCC(C)(C)SSC(C)(C)CCCCCC(C)(C)C. The minimum Gasteiger partial charge on any atom is -0.0873 e. The van der Waals surface area contributed by atoms with Gasteiger partial charge in [-0.05, 0) is 64.2 Å². The van der Waals surface area contributed by atoms with Gasteiger partial charge in [-0.3, -0.25) is 0 Å². The Morgan fingerprint density at radius 2 is 0.654 bits per heavy atom. The molecular formula is C24H50S2. The predicted octanol–water partition coefficient (Wildman–Crippen LogP) is 9.92. The summed E-state index contributed by atoms with van der Waals surface area (Å²) in [5, 5.41) is 0. The highest BCUT2D eigenvalue weighted by Crippen LogP contribution is 2.47. The van der Waals surface area contributed by atoms with Crippen LogP contribution in [0.2, 0.25) is 0 Å². The summed E-state index contributed by atoms with van der Waals surface area (Å²) in [5.41, 5.74) is 0.994. The molecule has 2 heteroatoms. The molecule has 0 bridgehead atoms. The maximum atomic E-state index is 2.44. The molecule has 0 aromatic heterocycles. The number of unbranched alkanes of at least 4 members (excludes halogenated alkanes) is 4. The van der Waals surface area contributed by atoms with Crippen molar-refractivity contribution in [3.8, 4) is 0 Å². The molecule has 26 heavy (non-hydrogen) atoms. The monoisotopic (exact) mass is 402 g/mol. The summed E-state index contributed by atoms with van der Waals surface area (Å²) < 4.78 is 0.797. The van der Waals surface area contributed by atoms with Crippen molar-refractivity contribution in [1.82, 2.24) is 0 Å². The van der Waals surface area contributed by atoms with Gasteiger partial charge in [0.2, 0.25) is 0 Å². The van der Waals surface area contributed by atoms with Crippen molar-refractivity contribution in [3.63, 3.8) is 0 Å². The lowest BCUT2D eigenvalue weighted by molar-refractivity contribution is 0.355. The molecule has 0 heterocycles. The fraction of sp³-hybridized carbons (Fsp3) is 1.00. The molecule has 0 rings (SSSR count). The summed E-state index contributed by atoms with van der Waals surface area (Å²) in [6, 6.07) is 0. The zero-order chi connectivity index (χ0) is 20.5. The summed E-state index contributed by atoms with van der Waals surface area (Å²) >= 11 is 0. The lowest BCUT2D eigenvalue weighted by atomic mass is 9.89. The topological polar surface area (TPSA) is 0 Å². The lowest BCUT2D eigenvalue weighted by Crippen LogP contribution is -2.18. The first kappa shape index (κ1) is 26.7. The van der Waals surface area contributed by atoms with Gasteiger partial charge in [-0.15, -0.1) is 0 Å². The van der Waals surface area contributed by atoms with Gasteiger partial charge in [0, 0.05) is 9.49 Å². The van der Waals surface area contributed by atoms with Crippen molar-refractivity contribution in [2.45, 2.75) is 143 Å². The molecule has 0 aromatic carbocycles. The van der Waals surface area contributed by atoms with Crippen LogP contribution in [0.15, 0.2) is 0 Å². The van der Waals surface area contributed by atoms with Gasteiger partial charge in [-0.25, -0.2) is 0 Å². The molecule has 0 N–H and O–H groups in total. The van der Waals surface area contributed by atoms with E-state index in [1.54, 1.807) is 0 Å². The summed E-state index contributed by atoms with van der Waals surface area (Å²) in [5.74, 6) is 0. The normalized spacial score (nSPS) is 14.1. The Morgan fingerprint density at radius 3 is 0.923 bits per heavy atom. The van der Waals surface area contributed by atoms with Gasteiger partial charge in [0.1, 0.15) is 0 Å². The van der Waals surface area contributed by atoms with Gasteiger partial charge in [0.05, 0.1) is 0 Å². The van der Waals surface area contributed by atoms with Crippen LogP contribution in [0.25, 0.3) is 0 Å². The maximum Gasteiger partial charge on any atom is 0.0207 e. The van der Waals surface area contributed by atoms with Gasteiger partial charge in [-0.2, -0.15) is 0 Å². The van der Waals surface area contributed by atoms with Gasteiger partial charge in [-0.1, -0.05) is 102 Å². The molecule has 158 valence electrons. The largest absolute Gasteiger partial charge is 0.0873 e. The van der Waals surface area contributed by atoms with Crippen LogP contribution in [0.3, 0.4) is 0 Å². The van der Waals surface area contributed by atoms with Crippen LogP contribution in [0.1, 0.15) is 133 Å². The fourth-order valence-corrected chi connectivity index (χ4v) is 5.83. The van der Waals surface area contributed by atoms with E-state index in [2.05, 4.69) is 90.8 Å². The molecule has 0 radical (unpaired) electrons. The summed E-state index contributed by atoms with van der Waals surface area (Å²) in [7, 11) is 4.27. The Bertz CT molecular complexity index is 319. The number of hydrogen-bond donors (Lipinski definition) is 0. The molecule has 0 fully saturated rings. The van der Waals surface area contributed by atoms with E-state index < -0.39 is 0 Å². The Kier molecular flexibility index (Phi) is 12.0. The standard InChI is InChI=1S/C24H50S2/c1-21(2,3)17-13-11-15-19-23(7,8)25-26-24(9,10)20-16-12-14-18-22(4,5)6/h11-20H2,1-10H3. The highest BCUT2D eigenvalue weighted by Gasteiger charge is 2.25. The Morgan fingerprint density at radius 1 is 0.385 bits per heavy atom. The molecule has 0 spiro atoms. The third-order valence-corrected chi connectivity index (χ3v) is 9.26. The second-order valence-corrected chi connectivity index (χ2v) is 15.5. The fourth-order valence-electron chi connectivity index (χ4n) is 3.07. The summed E-state index contributed by atoms with van der Waals surface area (Å²) in [6.45, 7) is 23.9. The third kappa shape index (κ3) is 18.1. The summed E-state index contributed by atoms with van der Waals surface area (Å²) in [6.07, 6.45) is 13.7. The average molecular weight is 403 g/mol. The zero-order valence-corrected chi connectivity index (χ0v) is 21.5. The Balaban J connectivity index is 3.92. The molecule has 0 saturated heterocycles. The van der Waals surface area contributed by atoms with Crippen molar-refractivity contribution in [1.29, 1.82) is 0 Å². The molecule has 0 aliphatic carbocycles. The molecule has 0 atom stereocenters. The van der Waals surface area contributed by atoms with Gasteiger partial charge in [0.25, 0.3) is 0 Å². The first-order valence-electron chi connectivity index (χ1n) is 11.0. The minimum atomic E-state index is 0.399. The minimum absolute atomic E-state index is 0.399. The zero-order valence-electron chi connectivity index (χ0n) is 19.9. The van der Waals surface area contributed by atoms with E-state index in [9.17, 15) is 0 Å². The van der Waals surface area contributed by atoms with Crippen molar-refractivity contribution in [2.24, 2.45) is 10.8 Å². The van der Waals surface area contributed by atoms with E-state index in [0.29, 0.717) is 20.3 Å². The second kappa shape index (κ2) is 11.6. The smallest absolute Gasteiger partial charge is 0.0207 e. The highest BCUT2D eigenvalue weighted by molar-refractivity contribution is 8.77. The van der Waals surface area contributed by atoms with Crippen molar-refractivity contribution >= 4 is 21.6 Å². The molecule has 0 nitrogen and oxygen atoms in total. The van der Waals surface area contributed by atoms with Crippen molar-refractivity contribution < 1.29 is 0 Å². The summed E-state index contributed by atoms with van der Waals surface area (Å²) in [4.78, 5) is 0. The first-order valence-corrected chi connectivity index (χ1v) is 13.1. The highest BCUT2D eigenvalue weighted by atomic mass is 33.1. The predicted molar refractivity (Wildman–Crippen MR) is 128 cm³/mol. The van der Waals surface area contributed by atoms with Gasteiger partial charge in [0.15, 0.2) is 0 Å². The molecule has 0 aliphatic rings. The van der Waals surface area contributed by atoms with Crippen LogP contribution in [-0.4, -0.2) is 9.49 Å². The Hall–Kier alpha value is 0.700. The molecule has 0 unspecified atom stereocenters. The number of rotatable bonds is 13. The van der Waals surface area contributed by atoms with Crippen molar-refractivity contribution in [3.05, 3.63) is 0 Å². The third-order valence-electron chi connectivity index (χ3n) is 4.90. The van der Waals surface area contributed by atoms with E-state index in [0.717, 1.165) is 0 Å². The van der Waals surface area contributed by atoms with Crippen molar-refractivity contribution in [2.75, 3.05) is 0 Å². The number of hydrogen-bond acceptors (Lipinski definition) is 2. The second-order valence-electron chi connectivity index (χ2n) is 11.9. The quantitative estimate of drug-likeness (QED) is 0.222. The van der Waals surface area contributed by atoms with Crippen LogP contribution in [-0.2, 0) is 0 Å². The molecule has 0 aromatic rings. The molecule has 0 amide bonds. The van der Waals surface area contributed by atoms with Crippen LogP contribution in [0.5, 0.6) is 0 Å². The maximum absolute atomic E-state index is 2.44. The Labute approximate surface area is 175 Å². The average Bonchev–Trinajstić information content (AvgIpc) is 2.42. The van der Waals surface area contributed by atoms with Gasteiger partial charge >= 0.3 is 0 Å². The van der Waals surface area contributed by atoms with Crippen LogP contribution < -0.4 is 0 Å². The van der Waals surface area contributed by atoms with Gasteiger partial charge < -0.3 is 0 Å². The molecular weight excluding hydrogens is 352 g/mol. The van der Waals surface area contributed by atoms with E-state index in [4.69, 9.17) is 0 Å². The van der Waals surface area contributed by atoms with E-state index >= 15 is 0 Å². The molecule has 0 aliphatic heterocycles. The molecule has 0 saturated carbocycles. The van der Waals surface area contributed by atoms with E-state index in [1.807, 2.05) is 0 Å². The first-order chi connectivity index (χ1) is 11.6. The van der Waals surface area contributed by atoms with Crippen LogP contribution >= 0.6 is 21.6 Å². The van der Waals surface area contributed by atoms with E-state index in [-0.39, 0.29) is 0 Å². The van der Waals surface area contributed by atoms with Crippen LogP contribution in [0, 0.1) is 10.8 Å². The van der Waals surface area contributed by atoms with Crippen LogP contribution in [0.4, 0.5) is 0 Å². The lowest BCUT2D eigenvalue weighted by Gasteiger charge is -2.30.